The number of hydrogen-bond donors (Lipinski definition) is 2. The van der Waals surface area contributed by atoms with Gasteiger partial charge in [0.05, 0.1) is 12.2 Å². The highest BCUT2D eigenvalue weighted by Gasteiger charge is 2.29. The van der Waals surface area contributed by atoms with Gasteiger partial charge in [-0.05, 0) is 26.8 Å². The van der Waals surface area contributed by atoms with E-state index in [2.05, 4.69) is 34.5 Å². The van der Waals surface area contributed by atoms with E-state index in [4.69, 9.17) is 0 Å². The normalized spacial score (nSPS) is 16.3. The number of likely N-dealkylation sites (N-methyl/N-ethyl adjacent to an activating group) is 1. The largest absolute Gasteiger partial charge is 0.337 e. The van der Waals surface area contributed by atoms with Crippen molar-refractivity contribution >= 4 is 22.3 Å². The predicted octanol–water partition coefficient (Wildman–Crippen LogP) is 1.68. The number of aromatic nitrogens is 2. The maximum absolute atomic E-state index is 11.8. The molecule has 1 atom stereocenters. The molecule has 2 aromatic rings. The molecule has 2 aromatic heterocycles. The molecule has 1 aliphatic carbocycles. The van der Waals surface area contributed by atoms with E-state index in [9.17, 15) is 4.79 Å². The molecule has 0 aromatic carbocycles. The third-order valence-electron chi connectivity index (χ3n) is 3.95. The highest BCUT2D eigenvalue weighted by molar-refractivity contribution is 7.15. The van der Waals surface area contributed by atoms with E-state index in [1.807, 2.05) is 22.2 Å². The molecule has 0 saturated heterocycles. The molecule has 21 heavy (non-hydrogen) atoms. The zero-order valence-electron chi connectivity index (χ0n) is 12.4. The lowest BCUT2D eigenvalue weighted by molar-refractivity contribution is 0.222. The molecule has 2 heterocycles. The van der Waals surface area contributed by atoms with Crippen LogP contribution >= 0.6 is 11.3 Å². The fraction of sp³-hybridized carbons (Fsp3) is 0.571. The standard InChI is InChI=1S/C14H21N5OS/c1-10(18(2)12-3-4-12)7-15-13(20)16-8-11-9-19-5-6-21-14(19)17-11/h5-6,9-10,12H,3-4,7-8H2,1-2H3,(H2,15,16,20)/t10-/m1/s1. The lowest BCUT2D eigenvalue weighted by Crippen LogP contribution is -2.44. The molecule has 0 aliphatic heterocycles. The van der Waals surface area contributed by atoms with Crippen LogP contribution in [0, 0.1) is 0 Å². The number of amides is 2. The van der Waals surface area contributed by atoms with Crippen molar-refractivity contribution < 1.29 is 4.79 Å². The number of hydrogen-bond acceptors (Lipinski definition) is 4. The maximum atomic E-state index is 11.8. The SMILES string of the molecule is C[C@H](CNC(=O)NCc1cn2ccsc2n1)N(C)C1CC1. The number of nitrogens with one attached hydrogen (secondary N) is 2. The smallest absolute Gasteiger partial charge is 0.315 e. The van der Waals surface area contributed by atoms with Gasteiger partial charge in [-0.1, -0.05) is 0 Å². The Morgan fingerprint density at radius 2 is 2.38 bits per heavy atom. The molecule has 3 rings (SSSR count). The van der Waals surface area contributed by atoms with Crippen LogP contribution in [-0.2, 0) is 6.54 Å². The van der Waals surface area contributed by atoms with Gasteiger partial charge >= 0.3 is 6.03 Å². The lowest BCUT2D eigenvalue weighted by atomic mass is 10.3. The minimum absolute atomic E-state index is 0.137. The van der Waals surface area contributed by atoms with Gasteiger partial charge in [-0.15, -0.1) is 11.3 Å². The van der Waals surface area contributed by atoms with Crippen LogP contribution in [-0.4, -0.2) is 46.0 Å². The van der Waals surface area contributed by atoms with Crippen molar-refractivity contribution in [3.63, 3.8) is 0 Å². The van der Waals surface area contributed by atoms with E-state index < -0.39 is 0 Å². The molecule has 7 heteroatoms. The van der Waals surface area contributed by atoms with Gasteiger partial charge in [0, 0.05) is 36.4 Å². The van der Waals surface area contributed by atoms with Crippen LogP contribution in [0.2, 0.25) is 0 Å². The molecule has 2 N–H and O–H groups in total. The fourth-order valence-corrected chi connectivity index (χ4v) is 3.04. The molecular weight excluding hydrogens is 286 g/mol. The fourth-order valence-electron chi connectivity index (χ4n) is 2.32. The Labute approximate surface area is 128 Å². The highest BCUT2D eigenvalue weighted by Crippen LogP contribution is 2.26. The molecule has 1 saturated carbocycles. The molecule has 6 nitrogen and oxygen atoms in total. The van der Waals surface area contributed by atoms with E-state index in [1.165, 1.54) is 12.8 Å². The first kappa shape index (κ1) is 14.3. The molecule has 0 spiro atoms. The van der Waals surface area contributed by atoms with E-state index >= 15 is 0 Å². The van der Waals surface area contributed by atoms with Crippen LogP contribution < -0.4 is 10.6 Å². The van der Waals surface area contributed by atoms with Gasteiger partial charge in [0.25, 0.3) is 0 Å². The van der Waals surface area contributed by atoms with Crippen molar-refractivity contribution in [2.24, 2.45) is 0 Å². The maximum Gasteiger partial charge on any atom is 0.315 e. The van der Waals surface area contributed by atoms with Gasteiger partial charge in [-0.2, -0.15) is 0 Å². The van der Waals surface area contributed by atoms with Gasteiger partial charge in [0.2, 0.25) is 0 Å². The Balaban J connectivity index is 1.40. The van der Waals surface area contributed by atoms with Crippen molar-refractivity contribution in [2.75, 3.05) is 13.6 Å². The van der Waals surface area contributed by atoms with E-state index in [-0.39, 0.29) is 6.03 Å². The van der Waals surface area contributed by atoms with Crippen LogP contribution in [0.5, 0.6) is 0 Å². The quantitative estimate of drug-likeness (QED) is 0.853. The summed E-state index contributed by atoms with van der Waals surface area (Å²) in [5.41, 5.74) is 0.875. The van der Waals surface area contributed by atoms with E-state index in [0.717, 1.165) is 10.7 Å². The second-order valence-corrected chi connectivity index (χ2v) is 6.51. The number of carbonyl (C=O) groups excluding carboxylic acids is 1. The first-order chi connectivity index (χ1) is 10.1. The van der Waals surface area contributed by atoms with Crippen molar-refractivity contribution in [1.29, 1.82) is 0 Å². The molecule has 2 amide bonds. The number of nitrogens with zero attached hydrogens (tertiary/aromatic N) is 3. The molecule has 114 valence electrons. The zero-order valence-corrected chi connectivity index (χ0v) is 13.2. The van der Waals surface area contributed by atoms with Crippen LogP contribution in [0.15, 0.2) is 17.8 Å². The van der Waals surface area contributed by atoms with Gasteiger partial charge in [-0.25, -0.2) is 9.78 Å². The van der Waals surface area contributed by atoms with Gasteiger partial charge in [0.1, 0.15) is 0 Å². The third kappa shape index (κ3) is 3.54. The van der Waals surface area contributed by atoms with Crippen molar-refractivity contribution in [3.05, 3.63) is 23.5 Å². The summed E-state index contributed by atoms with van der Waals surface area (Å²) in [5.74, 6) is 0. The van der Waals surface area contributed by atoms with Gasteiger partial charge in [-0.3, -0.25) is 9.30 Å². The minimum atomic E-state index is -0.137. The van der Waals surface area contributed by atoms with Crippen LogP contribution in [0.4, 0.5) is 4.79 Å². The topological polar surface area (TPSA) is 61.7 Å². The molecule has 1 aliphatic rings. The van der Waals surface area contributed by atoms with E-state index in [1.54, 1.807) is 11.3 Å². The van der Waals surface area contributed by atoms with Crippen molar-refractivity contribution in [2.45, 2.75) is 38.4 Å². The number of thiazole rings is 1. The Kier molecular flexibility index (Phi) is 4.12. The molecule has 0 unspecified atom stereocenters. The predicted molar refractivity (Wildman–Crippen MR) is 83.6 cm³/mol. The summed E-state index contributed by atoms with van der Waals surface area (Å²) in [7, 11) is 2.12. The van der Waals surface area contributed by atoms with E-state index in [0.29, 0.717) is 25.2 Å². The van der Waals surface area contributed by atoms with Crippen molar-refractivity contribution in [3.8, 4) is 0 Å². The Hall–Kier alpha value is -1.60. The summed E-state index contributed by atoms with van der Waals surface area (Å²) in [6, 6.07) is 0.937. The number of urea groups is 1. The summed E-state index contributed by atoms with van der Waals surface area (Å²) in [6.45, 7) is 3.26. The molecule has 0 radical (unpaired) electrons. The van der Waals surface area contributed by atoms with Gasteiger partial charge in [0.15, 0.2) is 4.96 Å². The first-order valence-corrected chi connectivity index (χ1v) is 8.16. The Morgan fingerprint density at radius 3 is 3.10 bits per heavy atom. The van der Waals surface area contributed by atoms with Crippen LogP contribution in [0.25, 0.3) is 4.96 Å². The number of rotatable bonds is 6. The molecule has 0 bridgehead atoms. The second kappa shape index (κ2) is 6.03. The summed E-state index contributed by atoms with van der Waals surface area (Å²) >= 11 is 1.59. The average Bonchev–Trinajstić information content (AvgIpc) is 3.11. The third-order valence-corrected chi connectivity index (χ3v) is 4.72. The zero-order chi connectivity index (χ0) is 14.8. The monoisotopic (exact) mass is 307 g/mol. The molecular formula is C14H21N5OS. The summed E-state index contributed by atoms with van der Waals surface area (Å²) in [5, 5.41) is 7.76. The average molecular weight is 307 g/mol. The van der Waals surface area contributed by atoms with Crippen molar-refractivity contribution in [1.82, 2.24) is 24.9 Å². The number of carbonyl (C=O) groups is 1. The van der Waals surface area contributed by atoms with Crippen LogP contribution in [0.1, 0.15) is 25.5 Å². The number of imidazole rings is 1. The highest BCUT2D eigenvalue weighted by atomic mass is 32.1. The molecule has 1 fully saturated rings. The second-order valence-electron chi connectivity index (χ2n) is 5.63. The lowest BCUT2D eigenvalue weighted by Gasteiger charge is -2.24. The Bertz CT molecular complexity index is 589. The minimum Gasteiger partial charge on any atom is -0.337 e. The summed E-state index contributed by atoms with van der Waals surface area (Å²) in [4.78, 5) is 19.5. The first-order valence-electron chi connectivity index (χ1n) is 7.28. The summed E-state index contributed by atoms with van der Waals surface area (Å²) < 4.78 is 1.96. The van der Waals surface area contributed by atoms with Gasteiger partial charge < -0.3 is 10.6 Å². The number of fused-ring (bicyclic) bond motifs is 1. The Morgan fingerprint density at radius 1 is 1.57 bits per heavy atom. The van der Waals surface area contributed by atoms with Crippen LogP contribution in [0.3, 0.4) is 0 Å². The summed E-state index contributed by atoms with van der Waals surface area (Å²) in [6.07, 6.45) is 6.47.